The molecule has 3 atom stereocenters. The highest BCUT2D eigenvalue weighted by molar-refractivity contribution is 5.92. The van der Waals surface area contributed by atoms with Gasteiger partial charge in [-0.05, 0) is 30.5 Å². The van der Waals surface area contributed by atoms with Crippen LogP contribution in [-0.4, -0.2) is 57.2 Å². The quantitative estimate of drug-likeness (QED) is 0.839. The van der Waals surface area contributed by atoms with Crippen LogP contribution in [-0.2, 0) is 16.1 Å². The largest absolute Gasteiger partial charge is 0.374 e. The fraction of sp³-hybridized carbons (Fsp3) is 0.444. The molecule has 0 spiro atoms. The van der Waals surface area contributed by atoms with Gasteiger partial charge in [0.2, 0.25) is 0 Å². The highest BCUT2D eigenvalue weighted by Crippen LogP contribution is 2.33. The average Bonchev–Trinajstić information content (AvgIpc) is 2.96. The first-order valence-electron chi connectivity index (χ1n) is 8.52. The van der Waals surface area contributed by atoms with E-state index in [1.54, 1.807) is 18.6 Å². The van der Waals surface area contributed by atoms with E-state index in [0.717, 1.165) is 18.4 Å². The fourth-order valence-corrected chi connectivity index (χ4v) is 3.59. The van der Waals surface area contributed by atoms with Crippen molar-refractivity contribution in [2.24, 2.45) is 0 Å². The van der Waals surface area contributed by atoms with E-state index >= 15 is 0 Å². The monoisotopic (exact) mass is 340 g/mol. The van der Waals surface area contributed by atoms with Crippen LogP contribution in [0.25, 0.3) is 0 Å². The fourth-order valence-electron chi connectivity index (χ4n) is 3.59. The van der Waals surface area contributed by atoms with Gasteiger partial charge in [-0.2, -0.15) is 0 Å². The van der Waals surface area contributed by atoms with Crippen LogP contribution in [0.4, 0.5) is 0 Å². The summed E-state index contributed by atoms with van der Waals surface area (Å²) in [5.74, 6) is -0.109. The van der Waals surface area contributed by atoms with Crippen LogP contribution in [0.2, 0.25) is 0 Å². The Kier molecular flexibility index (Phi) is 4.67. The van der Waals surface area contributed by atoms with E-state index < -0.39 is 0 Å². The normalized spacial score (nSPS) is 25.6. The lowest BCUT2D eigenvalue weighted by Crippen LogP contribution is -2.46. The van der Waals surface area contributed by atoms with Gasteiger partial charge in [0.25, 0.3) is 5.91 Å². The summed E-state index contributed by atoms with van der Waals surface area (Å²) in [6.45, 7) is 1.55. The minimum atomic E-state index is -0.128. The number of amides is 1. The molecule has 7 nitrogen and oxygen atoms in total. The summed E-state index contributed by atoms with van der Waals surface area (Å²) in [5.41, 5.74) is 1.42. The van der Waals surface area contributed by atoms with Gasteiger partial charge in [0.1, 0.15) is 11.8 Å². The van der Waals surface area contributed by atoms with Crippen molar-refractivity contribution in [1.29, 1.82) is 0 Å². The molecule has 7 heteroatoms. The minimum absolute atomic E-state index is 0.00356. The van der Waals surface area contributed by atoms with Crippen LogP contribution >= 0.6 is 0 Å². The van der Waals surface area contributed by atoms with E-state index in [-0.39, 0.29) is 24.2 Å². The summed E-state index contributed by atoms with van der Waals surface area (Å²) in [4.78, 5) is 26.9. The highest BCUT2D eigenvalue weighted by atomic mass is 16.5. The molecule has 0 N–H and O–H groups in total. The van der Waals surface area contributed by atoms with Crippen LogP contribution in [0.1, 0.15) is 28.9 Å². The first-order valence-corrected chi connectivity index (χ1v) is 8.52. The van der Waals surface area contributed by atoms with E-state index in [4.69, 9.17) is 9.47 Å². The van der Waals surface area contributed by atoms with Crippen LogP contribution in [0.15, 0.2) is 43.1 Å². The van der Waals surface area contributed by atoms with Gasteiger partial charge in [-0.3, -0.25) is 14.8 Å². The molecule has 2 aliphatic rings. The number of pyridine rings is 1. The van der Waals surface area contributed by atoms with Crippen molar-refractivity contribution in [2.75, 3.05) is 13.2 Å². The summed E-state index contributed by atoms with van der Waals surface area (Å²) >= 11 is 0. The summed E-state index contributed by atoms with van der Waals surface area (Å²) < 4.78 is 12.1. The maximum Gasteiger partial charge on any atom is 0.274 e. The molecule has 4 rings (SSSR count). The van der Waals surface area contributed by atoms with Crippen LogP contribution in [0, 0.1) is 0 Å². The van der Waals surface area contributed by atoms with E-state index in [0.29, 0.717) is 25.5 Å². The molecule has 1 amide bonds. The SMILES string of the molecule is O=C(c1cnccn1)N1CCO[C@H]2CC[C@H]1[C@@H]2OCc1ccncc1. The predicted molar refractivity (Wildman–Crippen MR) is 88.6 cm³/mol. The Hall–Kier alpha value is -2.38. The van der Waals surface area contributed by atoms with Crippen molar-refractivity contribution in [3.8, 4) is 0 Å². The number of carbonyl (C=O) groups excluding carboxylic acids is 1. The Labute approximate surface area is 146 Å². The molecule has 0 aromatic carbocycles. The topological polar surface area (TPSA) is 77.4 Å². The predicted octanol–water partition coefficient (Wildman–Crippen LogP) is 1.46. The van der Waals surface area contributed by atoms with Crippen LogP contribution in [0.5, 0.6) is 0 Å². The van der Waals surface area contributed by atoms with Gasteiger partial charge < -0.3 is 14.4 Å². The molecule has 2 aromatic heterocycles. The summed E-state index contributed by atoms with van der Waals surface area (Å²) in [7, 11) is 0. The van der Waals surface area contributed by atoms with Crippen molar-refractivity contribution in [3.05, 3.63) is 54.4 Å². The molecule has 3 heterocycles. The van der Waals surface area contributed by atoms with Gasteiger partial charge in [0.05, 0.1) is 31.6 Å². The molecule has 2 fully saturated rings. The maximum atomic E-state index is 12.9. The third-order valence-electron chi connectivity index (χ3n) is 4.79. The lowest BCUT2D eigenvalue weighted by Gasteiger charge is -2.31. The average molecular weight is 340 g/mol. The molecular weight excluding hydrogens is 320 g/mol. The van der Waals surface area contributed by atoms with E-state index in [9.17, 15) is 4.79 Å². The first-order chi connectivity index (χ1) is 12.3. The maximum absolute atomic E-state index is 12.9. The van der Waals surface area contributed by atoms with E-state index in [1.165, 1.54) is 12.4 Å². The Bertz CT molecular complexity index is 713. The molecule has 1 saturated heterocycles. The van der Waals surface area contributed by atoms with Gasteiger partial charge in [-0.15, -0.1) is 0 Å². The van der Waals surface area contributed by atoms with Crippen molar-refractivity contribution in [1.82, 2.24) is 19.9 Å². The van der Waals surface area contributed by atoms with Gasteiger partial charge in [0.15, 0.2) is 0 Å². The molecule has 0 radical (unpaired) electrons. The molecule has 1 saturated carbocycles. The smallest absolute Gasteiger partial charge is 0.274 e. The Morgan fingerprint density at radius 1 is 1.20 bits per heavy atom. The van der Waals surface area contributed by atoms with E-state index in [1.807, 2.05) is 17.0 Å². The molecule has 1 aliphatic carbocycles. The van der Waals surface area contributed by atoms with Crippen LogP contribution in [0.3, 0.4) is 0 Å². The number of aromatic nitrogens is 3. The van der Waals surface area contributed by atoms with Gasteiger partial charge in [0, 0.05) is 31.3 Å². The summed E-state index contributed by atoms with van der Waals surface area (Å²) in [6, 6.07) is 3.87. The molecule has 0 unspecified atom stereocenters. The highest BCUT2D eigenvalue weighted by Gasteiger charge is 2.45. The second-order valence-corrected chi connectivity index (χ2v) is 6.27. The molecule has 1 aliphatic heterocycles. The second-order valence-electron chi connectivity index (χ2n) is 6.27. The third kappa shape index (κ3) is 3.38. The summed E-state index contributed by atoms with van der Waals surface area (Å²) in [5, 5.41) is 0. The standard InChI is InChI=1S/C18H20N4O3/c23-18(14-11-20-7-8-21-14)22-9-10-24-16-2-1-15(22)17(16)25-12-13-3-5-19-6-4-13/h3-8,11,15-17H,1-2,9-10,12H2/t15-,16-,17-/m0/s1. The molecule has 2 aromatic rings. The number of carbonyl (C=O) groups is 1. The van der Waals surface area contributed by atoms with Crippen molar-refractivity contribution in [3.63, 3.8) is 0 Å². The minimum Gasteiger partial charge on any atom is -0.374 e. The van der Waals surface area contributed by atoms with Crippen LogP contribution < -0.4 is 0 Å². The van der Waals surface area contributed by atoms with Crippen molar-refractivity contribution in [2.45, 2.75) is 37.7 Å². The Morgan fingerprint density at radius 3 is 2.88 bits per heavy atom. The lowest BCUT2D eigenvalue weighted by atomic mass is 10.1. The zero-order valence-electron chi connectivity index (χ0n) is 13.8. The first kappa shape index (κ1) is 16.1. The molecule has 130 valence electrons. The number of nitrogens with zero attached hydrogens (tertiary/aromatic N) is 4. The second kappa shape index (κ2) is 7.25. The summed E-state index contributed by atoms with van der Waals surface area (Å²) in [6.07, 6.45) is 9.79. The van der Waals surface area contributed by atoms with E-state index in [2.05, 4.69) is 15.0 Å². The lowest BCUT2D eigenvalue weighted by molar-refractivity contribution is -0.0598. The number of rotatable bonds is 4. The zero-order chi connectivity index (χ0) is 17.1. The zero-order valence-corrected chi connectivity index (χ0v) is 13.8. The van der Waals surface area contributed by atoms with Gasteiger partial charge >= 0.3 is 0 Å². The van der Waals surface area contributed by atoms with Gasteiger partial charge in [-0.1, -0.05) is 0 Å². The van der Waals surface area contributed by atoms with Crippen molar-refractivity contribution >= 4 is 5.91 Å². The number of ether oxygens (including phenoxy) is 2. The number of fused-ring (bicyclic) bond motifs is 2. The van der Waals surface area contributed by atoms with Gasteiger partial charge in [-0.25, -0.2) is 4.98 Å². The molecule has 2 bridgehead atoms. The van der Waals surface area contributed by atoms with Crippen molar-refractivity contribution < 1.29 is 14.3 Å². The Balaban J connectivity index is 1.51. The number of hydrogen-bond donors (Lipinski definition) is 0. The molecule has 25 heavy (non-hydrogen) atoms. The number of hydrogen-bond acceptors (Lipinski definition) is 6. The molecular formula is C18H20N4O3. The third-order valence-corrected chi connectivity index (χ3v) is 4.79. The Morgan fingerprint density at radius 2 is 2.08 bits per heavy atom.